The molecule has 0 aliphatic heterocycles. The van der Waals surface area contributed by atoms with Crippen molar-refractivity contribution in [2.24, 2.45) is 20.5 Å². The van der Waals surface area contributed by atoms with Crippen molar-refractivity contribution in [1.82, 2.24) is 0 Å². The summed E-state index contributed by atoms with van der Waals surface area (Å²) in [5.41, 5.74) is 6.46. The number of phenols is 1. The third kappa shape index (κ3) is 5.35. The molecule has 4 aromatic rings. The monoisotopic (exact) mass is 606 g/mol. The summed E-state index contributed by atoms with van der Waals surface area (Å²) in [5.74, 6) is -0.581. The Bertz CT molecular complexity index is 1620. The van der Waals surface area contributed by atoms with Gasteiger partial charge in [-0.1, -0.05) is 6.07 Å². The maximum absolute atomic E-state index is 12.6. The van der Waals surface area contributed by atoms with E-state index in [-0.39, 0.29) is 37.6 Å². The summed E-state index contributed by atoms with van der Waals surface area (Å²) in [4.78, 5) is -0.611. The van der Waals surface area contributed by atoms with Gasteiger partial charge in [0.05, 0.1) is 0 Å². The second-order valence-corrected chi connectivity index (χ2v) is 14.2. The van der Waals surface area contributed by atoms with Gasteiger partial charge >= 0.3 is 212 Å². The van der Waals surface area contributed by atoms with Gasteiger partial charge in [-0.15, -0.1) is 0 Å². The van der Waals surface area contributed by atoms with Crippen molar-refractivity contribution in [3.05, 3.63) is 72.8 Å². The van der Waals surface area contributed by atoms with Crippen molar-refractivity contribution >= 4 is 56.6 Å². The summed E-state index contributed by atoms with van der Waals surface area (Å²) in [7, 11) is -7.78. The van der Waals surface area contributed by atoms with Crippen LogP contribution in [0.1, 0.15) is 0 Å². The molecule has 10 nitrogen and oxygen atoms in total. The first kappa shape index (κ1) is 25.6. The number of sulfone groups is 1. The van der Waals surface area contributed by atoms with E-state index >= 15 is 0 Å². The minimum absolute atomic E-state index is 0.0278. The number of hydrogen-bond donors (Lipinski definition) is 2. The van der Waals surface area contributed by atoms with Crippen LogP contribution in [0, 0.1) is 0 Å². The first-order valence-electron chi connectivity index (χ1n) is 10.2. The standard InChI is InChI=1S/C23H18N5O5S2.Mo/c1-35(32,33)18-13-14-12-17(34(30)31)21(27-25-15-8-4-2-5-9-15)23(29)19(14)20(24)22(18)28-26-16-10-6-3-7-11-16;/h2-13,29H,24H2,1H3;/b27-25+,28-26+;. The van der Waals surface area contributed by atoms with Gasteiger partial charge in [-0.05, 0) is 0 Å². The molecule has 13 heteroatoms. The molecule has 183 valence electrons. The van der Waals surface area contributed by atoms with Crippen LogP contribution in [0.3, 0.4) is 0 Å². The Balaban J connectivity index is 2.04. The molecule has 36 heavy (non-hydrogen) atoms. The molecule has 0 radical (unpaired) electrons. The zero-order chi connectivity index (χ0) is 26.1. The zero-order valence-electron chi connectivity index (χ0n) is 18.6. The molecule has 0 aliphatic rings. The van der Waals surface area contributed by atoms with Gasteiger partial charge in [0.25, 0.3) is 0 Å². The van der Waals surface area contributed by atoms with E-state index in [9.17, 15) is 21.9 Å². The normalized spacial score (nSPS) is 12.6. The summed E-state index contributed by atoms with van der Waals surface area (Å²) in [6.45, 7) is 0. The Labute approximate surface area is 217 Å². The predicted molar refractivity (Wildman–Crippen MR) is 132 cm³/mol. The van der Waals surface area contributed by atoms with Gasteiger partial charge in [-0.2, -0.15) is 0 Å². The molecule has 0 aromatic heterocycles. The quantitative estimate of drug-likeness (QED) is 0.165. The molecular weight excluding hydrogens is 586 g/mol. The van der Waals surface area contributed by atoms with Crippen LogP contribution < -0.4 is 5.73 Å². The molecule has 0 amide bonds. The van der Waals surface area contributed by atoms with E-state index in [0.29, 0.717) is 11.4 Å². The van der Waals surface area contributed by atoms with Gasteiger partial charge in [0.1, 0.15) is 0 Å². The molecule has 0 bridgehead atoms. The summed E-state index contributed by atoms with van der Waals surface area (Å²) in [6.07, 6.45) is 0.968. The van der Waals surface area contributed by atoms with Crippen molar-refractivity contribution in [3.8, 4) is 5.75 Å². The number of azo groups is 2. The van der Waals surface area contributed by atoms with Crippen molar-refractivity contribution < 1.29 is 40.5 Å². The number of phenolic OH excluding ortho intramolecular Hbond substituents is 1. The van der Waals surface area contributed by atoms with Crippen LogP contribution >= 0.6 is 0 Å². The fourth-order valence-electron chi connectivity index (χ4n) is 3.39. The average Bonchev–Trinajstić information content (AvgIpc) is 2.82. The van der Waals surface area contributed by atoms with Crippen LogP contribution in [0.25, 0.3) is 10.8 Å². The number of benzene rings is 4. The Hall–Kier alpha value is -3.47. The van der Waals surface area contributed by atoms with Crippen LogP contribution in [-0.2, 0) is 35.9 Å². The van der Waals surface area contributed by atoms with E-state index < -0.39 is 23.1 Å². The van der Waals surface area contributed by atoms with Crippen molar-refractivity contribution in [3.63, 3.8) is 0 Å². The molecule has 4 rings (SSSR count). The second-order valence-electron chi connectivity index (χ2n) is 7.60. The summed E-state index contributed by atoms with van der Waals surface area (Å²) >= 11 is 0.854. The summed E-state index contributed by atoms with van der Waals surface area (Å²) in [6, 6.07) is 19.5. The predicted octanol–water partition coefficient (Wildman–Crippen LogP) is 5.60. The Morgan fingerprint density at radius 2 is 1.22 bits per heavy atom. The van der Waals surface area contributed by atoms with Crippen LogP contribution in [0.5, 0.6) is 5.75 Å². The number of fused-ring (bicyclic) bond motifs is 1. The molecule has 0 heterocycles. The fourth-order valence-corrected chi connectivity index (χ4v) is 5.81. The van der Waals surface area contributed by atoms with Gasteiger partial charge < -0.3 is 0 Å². The van der Waals surface area contributed by atoms with Gasteiger partial charge in [0.2, 0.25) is 0 Å². The molecule has 3 N–H and O–H groups in total. The molecular formula is C23H18MoN5O5S2. The van der Waals surface area contributed by atoms with E-state index in [0.717, 1.165) is 24.8 Å². The number of nitrogens with zero attached hydrogens (tertiary/aromatic N) is 4. The van der Waals surface area contributed by atoms with E-state index in [2.05, 4.69) is 20.5 Å². The van der Waals surface area contributed by atoms with E-state index in [1.165, 1.54) is 12.1 Å². The Morgan fingerprint density at radius 3 is 1.69 bits per heavy atom. The van der Waals surface area contributed by atoms with Gasteiger partial charge in [-0.3, -0.25) is 0 Å². The maximum atomic E-state index is 12.6. The molecule has 4 aromatic carbocycles. The number of anilines is 1. The SMILES string of the molecule is CS(=O)(=O)c1cc2cc([S](=O)(=O)[Mo])c(/N=N/c3ccccc3)c(O)c2c(N)c1/N=N/c1ccccc1. The average molecular weight is 605 g/mol. The van der Waals surface area contributed by atoms with E-state index in [4.69, 9.17) is 5.73 Å². The Morgan fingerprint density at radius 1 is 0.750 bits per heavy atom. The zero-order valence-corrected chi connectivity index (χ0v) is 22.2. The number of rotatable bonds is 6. The number of nitrogens with two attached hydrogens (primary N) is 1. The van der Waals surface area contributed by atoms with Crippen LogP contribution in [0.4, 0.5) is 28.4 Å². The molecule has 0 saturated carbocycles. The number of aromatic hydroxyl groups is 1. The van der Waals surface area contributed by atoms with E-state index in [1.54, 1.807) is 60.7 Å². The van der Waals surface area contributed by atoms with Gasteiger partial charge in [-0.25, -0.2) is 0 Å². The summed E-state index contributed by atoms with van der Waals surface area (Å²) in [5, 5.41) is 27.3. The Kier molecular flexibility index (Phi) is 7.03. The van der Waals surface area contributed by atoms with Crippen molar-refractivity contribution in [1.29, 1.82) is 0 Å². The number of hydrogen-bond acceptors (Lipinski definition) is 10. The van der Waals surface area contributed by atoms with Crippen molar-refractivity contribution in [2.45, 2.75) is 9.79 Å². The molecule has 0 saturated heterocycles. The molecule has 0 fully saturated rings. The summed E-state index contributed by atoms with van der Waals surface area (Å²) < 4.78 is 50.3. The first-order chi connectivity index (χ1) is 17.0. The molecule has 0 spiro atoms. The van der Waals surface area contributed by atoms with Gasteiger partial charge in [0, 0.05) is 0 Å². The topological polar surface area (TPSA) is 164 Å². The molecule has 0 atom stereocenters. The minimum atomic E-state index is -3.91. The van der Waals surface area contributed by atoms with Crippen LogP contribution in [0.2, 0.25) is 0 Å². The van der Waals surface area contributed by atoms with Gasteiger partial charge in [0.15, 0.2) is 0 Å². The second kappa shape index (κ2) is 9.88. The first-order valence-corrected chi connectivity index (χ1v) is 15.9. The van der Waals surface area contributed by atoms with Crippen molar-refractivity contribution in [2.75, 3.05) is 12.0 Å². The van der Waals surface area contributed by atoms with Crippen LogP contribution in [-0.4, -0.2) is 28.2 Å². The fraction of sp³-hybridized carbons (Fsp3) is 0.0435. The third-order valence-corrected chi connectivity index (χ3v) is 8.31. The third-order valence-electron chi connectivity index (χ3n) is 5.03. The number of nitrogen functional groups attached to an aromatic ring is 1. The van der Waals surface area contributed by atoms with E-state index in [1.807, 2.05) is 0 Å². The van der Waals surface area contributed by atoms with Crippen LogP contribution in [0.15, 0.2) is 103 Å². The molecule has 0 unspecified atom stereocenters. The molecule has 0 aliphatic carbocycles.